The van der Waals surface area contributed by atoms with Gasteiger partial charge < -0.3 is 5.11 Å². The number of benzene rings is 2. The van der Waals surface area contributed by atoms with Crippen molar-refractivity contribution in [1.29, 1.82) is 0 Å². The fourth-order valence-corrected chi connectivity index (χ4v) is 2.78. The summed E-state index contributed by atoms with van der Waals surface area (Å²) in [4.78, 5) is 12.9. The third-order valence-corrected chi connectivity index (χ3v) is 3.90. The van der Waals surface area contributed by atoms with Crippen molar-refractivity contribution in [3.05, 3.63) is 60.2 Å². The Kier molecular flexibility index (Phi) is 4.28. The Morgan fingerprint density at radius 1 is 1.06 bits per heavy atom. The van der Waals surface area contributed by atoms with Gasteiger partial charge in [-0.2, -0.15) is 0 Å². The highest BCUT2D eigenvalue weighted by molar-refractivity contribution is 7.99. The minimum Gasteiger partial charge on any atom is -0.480 e. The van der Waals surface area contributed by atoms with Crippen LogP contribution in [0.3, 0.4) is 0 Å². The van der Waals surface area contributed by atoms with E-state index in [9.17, 15) is 4.79 Å². The predicted octanol–water partition coefficient (Wildman–Crippen LogP) is 4.20. The first kappa shape index (κ1) is 13.0. The molecular formula is C14H11ClO2S. The molecular weight excluding hydrogens is 268 g/mol. The molecule has 92 valence electrons. The van der Waals surface area contributed by atoms with E-state index < -0.39 is 11.3 Å². The summed E-state index contributed by atoms with van der Waals surface area (Å²) in [6.45, 7) is 0. The highest BCUT2D eigenvalue weighted by Crippen LogP contribution is 2.35. The van der Waals surface area contributed by atoms with E-state index in [-0.39, 0.29) is 0 Å². The summed E-state index contributed by atoms with van der Waals surface area (Å²) in [5.74, 6) is -1.03. The smallest absolute Gasteiger partial charge is 0.326 e. The Hall–Kier alpha value is -1.45. The van der Waals surface area contributed by atoms with Gasteiger partial charge in [0.05, 0.1) is 0 Å². The SMILES string of the molecule is O=C(O)C(Cl)c1ccccc1Sc1ccccc1. The van der Waals surface area contributed by atoms with Crippen LogP contribution in [-0.4, -0.2) is 11.1 Å². The van der Waals surface area contributed by atoms with Crippen LogP contribution >= 0.6 is 23.4 Å². The van der Waals surface area contributed by atoms with Crippen LogP contribution in [0.1, 0.15) is 10.9 Å². The molecule has 0 spiro atoms. The maximum absolute atomic E-state index is 11.0. The zero-order valence-corrected chi connectivity index (χ0v) is 11.0. The van der Waals surface area contributed by atoms with Gasteiger partial charge in [0.25, 0.3) is 0 Å². The maximum atomic E-state index is 11.0. The van der Waals surface area contributed by atoms with Gasteiger partial charge >= 0.3 is 5.97 Å². The molecule has 0 aliphatic rings. The molecule has 18 heavy (non-hydrogen) atoms. The molecule has 0 aliphatic heterocycles. The van der Waals surface area contributed by atoms with Crippen LogP contribution < -0.4 is 0 Å². The van der Waals surface area contributed by atoms with Crippen LogP contribution in [0.2, 0.25) is 0 Å². The van der Waals surface area contributed by atoms with Crippen LogP contribution in [0.5, 0.6) is 0 Å². The summed E-state index contributed by atoms with van der Waals surface area (Å²) >= 11 is 7.41. The number of alkyl halides is 1. The fraction of sp³-hybridized carbons (Fsp3) is 0.0714. The molecule has 0 saturated carbocycles. The molecule has 0 fully saturated rings. The van der Waals surface area contributed by atoms with Crippen LogP contribution in [0, 0.1) is 0 Å². The lowest BCUT2D eigenvalue weighted by atomic mass is 10.1. The second-order valence-electron chi connectivity index (χ2n) is 3.65. The highest BCUT2D eigenvalue weighted by atomic mass is 35.5. The third kappa shape index (κ3) is 3.06. The predicted molar refractivity (Wildman–Crippen MR) is 73.2 cm³/mol. The average Bonchev–Trinajstić information content (AvgIpc) is 2.39. The zero-order valence-electron chi connectivity index (χ0n) is 9.42. The van der Waals surface area contributed by atoms with Crippen molar-refractivity contribution in [3.63, 3.8) is 0 Å². The molecule has 0 aromatic heterocycles. The molecule has 0 amide bonds. The molecule has 0 radical (unpaired) electrons. The van der Waals surface area contributed by atoms with E-state index in [1.165, 1.54) is 11.8 Å². The molecule has 0 aliphatic carbocycles. The Bertz CT molecular complexity index is 543. The van der Waals surface area contributed by atoms with E-state index >= 15 is 0 Å². The van der Waals surface area contributed by atoms with E-state index in [4.69, 9.17) is 16.7 Å². The van der Waals surface area contributed by atoms with Gasteiger partial charge in [0.1, 0.15) is 0 Å². The Morgan fingerprint density at radius 3 is 2.33 bits per heavy atom. The number of aliphatic carboxylic acids is 1. The van der Waals surface area contributed by atoms with Crippen LogP contribution in [0.15, 0.2) is 64.4 Å². The number of hydrogen-bond donors (Lipinski definition) is 1. The summed E-state index contributed by atoms with van der Waals surface area (Å²) < 4.78 is 0. The number of carboxylic acid groups (broad SMARTS) is 1. The molecule has 2 aromatic rings. The Labute approximate surface area is 115 Å². The minimum absolute atomic E-state index is 0.625. The third-order valence-electron chi connectivity index (χ3n) is 2.38. The summed E-state index contributed by atoms with van der Waals surface area (Å²) in [5.41, 5.74) is 0.625. The first-order chi connectivity index (χ1) is 8.68. The molecule has 2 aromatic carbocycles. The number of rotatable bonds is 4. The van der Waals surface area contributed by atoms with E-state index in [2.05, 4.69) is 0 Å². The van der Waals surface area contributed by atoms with Crippen molar-refractivity contribution in [2.24, 2.45) is 0 Å². The molecule has 1 N–H and O–H groups in total. The Balaban J connectivity index is 2.31. The largest absolute Gasteiger partial charge is 0.480 e. The summed E-state index contributed by atoms with van der Waals surface area (Å²) in [5, 5.41) is 7.97. The van der Waals surface area contributed by atoms with Gasteiger partial charge in [0, 0.05) is 9.79 Å². The number of halogens is 1. The molecule has 1 atom stereocenters. The monoisotopic (exact) mass is 278 g/mol. The molecule has 4 heteroatoms. The minimum atomic E-state index is -1.03. The van der Waals surface area contributed by atoms with Crippen molar-refractivity contribution < 1.29 is 9.90 Å². The van der Waals surface area contributed by atoms with Crippen molar-refractivity contribution in [2.75, 3.05) is 0 Å². The second-order valence-corrected chi connectivity index (χ2v) is 5.21. The molecule has 0 heterocycles. The maximum Gasteiger partial charge on any atom is 0.326 e. The van der Waals surface area contributed by atoms with Gasteiger partial charge in [-0.15, -0.1) is 11.6 Å². The molecule has 2 nitrogen and oxygen atoms in total. The summed E-state index contributed by atoms with van der Waals surface area (Å²) in [6.07, 6.45) is 0. The first-order valence-corrected chi connectivity index (χ1v) is 6.62. The molecule has 1 unspecified atom stereocenters. The van der Waals surface area contributed by atoms with Crippen molar-refractivity contribution in [1.82, 2.24) is 0 Å². The van der Waals surface area contributed by atoms with E-state index in [0.29, 0.717) is 5.56 Å². The van der Waals surface area contributed by atoms with Crippen LogP contribution in [0.4, 0.5) is 0 Å². The second kappa shape index (κ2) is 5.94. The van der Waals surface area contributed by atoms with Crippen molar-refractivity contribution in [3.8, 4) is 0 Å². The summed E-state index contributed by atoms with van der Waals surface area (Å²) in [6, 6.07) is 17.1. The van der Waals surface area contributed by atoms with E-state index in [1.807, 2.05) is 42.5 Å². The first-order valence-electron chi connectivity index (χ1n) is 5.37. The highest BCUT2D eigenvalue weighted by Gasteiger charge is 2.19. The zero-order chi connectivity index (χ0) is 13.0. The van der Waals surface area contributed by atoms with Crippen molar-refractivity contribution in [2.45, 2.75) is 15.2 Å². The number of carbonyl (C=O) groups is 1. The summed E-state index contributed by atoms with van der Waals surface area (Å²) in [7, 11) is 0. The van der Waals surface area contributed by atoms with Gasteiger partial charge in [0.15, 0.2) is 5.38 Å². The van der Waals surface area contributed by atoms with Crippen LogP contribution in [-0.2, 0) is 4.79 Å². The Morgan fingerprint density at radius 2 is 1.67 bits per heavy atom. The van der Waals surface area contributed by atoms with Gasteiger partial charge in [-0.3, -0.25) is 4.79 Å². The lowest BCUT2D eigenvalue weighted by molar-refractivity contribution is -0.136. The van der Waals surface area contributed by atoms with Gasteiger partial charge in [-0.25, -0.2) is 0 Å². The number of hydrogen-bond acceptors (Lipinski definition) is 2. The average molecular weight is 279 g/mol. The normalized spacial score (nSPS) is 12.1. The lowest BCUT2D eigenvalue weighted by Gasteiger charge is -2.10. The quantitative estimate of drug-likeness (QED) is 0.852. The molecule has 2 rings (SSSR count). The standard InChI is InChI=1S/C14H11ClO2S/c15-13(14(16)17)11-8-4-5-9-12(11)18-10-6-2-1-3-7-10/h1-9,13H,(H,16,17). The topological polar surface area (TPSA) is 37.3 Å². The number of carboxylic acids is 1. The van der Waals surface area contributed by atoms with Gasteiger partial charge in [-0.1, -0.05) is 48.2 Å². The van der Waals surface area contributed by atoms with E-state index in [1.54, 1.807) is 12.1 Å². The molecule has 0 bridgehead atoms. The fourth-order valence-electron chi connectivity index (χ4n) is 1.53. The van der Waals surface area contributed by atoms with Crippen molar-refractivity contribution >= 4 is 29.3 Å². The van der Waals surface area contributed by atoms with Crippen LogP contribution in [0.25, 0.3) is 0 Å². The van der Waals surface area contributed by atoms with Gasteiger partial charge in [-0.05, 0) is 23.8 Å². The molecule has 0 saturated heterocycles. The van der Waals surface area contributed by atoms with Gasteiger partial charge in [0.2, 0.25) is 0 Å². The lowest BCUT2D eigenvalue weighted by Crippen LogP contribution is -2.05. The van der Waals surface area contributed by atoms with E-state index in [0.717, 1.165) is 9.79 Å².